The largest absolute Gasteiger partial charge is 0.330 e. The molecule has 18 heavy (non-hydrogen) atoms. The molecule has 94 valence electrons. The van der Waals surface area contributed by atoms with Crippen LogP contribution in [0.4, 0.5) is 5.69 Å². The lowest BCUT2D eigenvalue weighted by molar-refractivity contribution is -0.384. The molecule has 0 amide bonds. The number of aromatic nitrogens is 2. The molecule has 0 radical (unpaired) electrons. The summed E-state index contributed by atoms with van der Waals surface area (Å²) < 4.78 is 1.53. The fourth-order valence-electron chi connectivity index (χ4n) is 1.74. The summed E-state index contributed by atoms with van der Waals surface area (Å²) in [5.41, 5.74) is 6.99. The molecule has 0 aliphatic carbocycles. The molecule has 6 nitrogen and oxygen atoms in total. The maximum Gasteiger partial charge on any atom is 0.294 e. The van der Waals surface area contributed by atoms with Crippen LogP contribution in [0.5, 0.6) is 0 Å². The topological polar surface area (TPSA) is 87.0 Å². The van der Waals surface area contributed by atoms with E-state index in [-0.39, 0.29) is 5.69 Å². The van der Waals surface area contributed by atoms with Crippen LogP contribution in [0.1, 0.15) is 12.0 Å². The third kappa shape index (κ3) is 2.54. The minimum Gasteiger partial charge on any atom is -0.330 e. The van der Waals surface area contributed by atoms with E-state index in [1.54, 1.807) is 30.6 Å². The van der Waals surface area contributed by atoms with Crippen molar-refractivity contribution in [1.82, 2.24) is 9.78 Å². The van der Waals surface area contributed by atoms with E-state index in [0.717, 1.165) is 18.4 Å². The van der Waals surface area contributed by atoms with Gasteiger partial charge in [0.15, 0.2) is 0 Å². The van der Waals surface area contributed by atoms with Crippen molar-refractivity contribution < 1.29 is 4.92 Å². The van der Waals surface area contributed by atoms with Gasteiger partial charge >= 0.3 is 0 Å². The van der Waals surface area contributed by atoms with E-state index in [1.165, 1.54) is 10.7 Å². The molecule has 0 atom stereocenters. The van der Waals surface area contributed by atoms with Gasteiger partial charge < -0.3 is 5.73 Å². The summed E-state index contributed by atoms with van der Waals surface area (Å²) >= 11 is 0. The second-order valence-corrected chi connectivity index (χ2v) is 3.93. The van der Waals surface area contributed by atoms with Gasteiger partial charge in [-0.25, -0.2) is 4.68 Å². The molecular formula is C12H14N4O2. The Bertz CT molecular complexity index is 551. The van der Waals surface area contributed by atoms with Gasteiger partial charge in [0, 0.05) is 12.3 Å². The number of para-hydroxylation sites is 2. The summed E-state index contributed by atoms with van der Waals surface area (Å²) in [6, 6.07) is 6.54. The number of benzene rings is 1. The first-order chi connectivity index (χ1) is 8.72. The lowest BCUT2D eigenvalue weighted by Crippen LogP contribution is -2.01. The number of nitrogens with zero attached hydrogens (tertiary/aromatic N) is 3. The second kappa shape index (κ2) is 5.42. The van der Waals surface area contributed by atoms with E-state index < -0.39 is 4.92 Å². The first-order valence-electron chi connectivity index (χ1n) is 5.70. The zero-order valence-corrected chi connectivity index (χ0v) is 9.82. The molecule has 0 unspecified atom stereocenters. The zero-order chi connectivity index (χ0) is 13.0. The molecule has 0 saturated carbocycles. The second-order valence-electron chi connectivity index (χ2n) is 3.93. The molecule has 0 spiro atoms. The standard InChI is InChI=1S/C12H14N4O2/c13-7-3-4-10-8-14-15(9-10)11-5-1-2-6-12(11)16(17)18/h1-2,5-6,8-9H,3-4,7,13H2. The van der Waals surface area contributed by atoms with E-state index >= 15 is 0 Å². The number of rotatable bonds is 5. The van der Waals surface area contributed by atoms with Crippen LogP contribution < -0.4 is 5.73 Å². The molecule has 2 aromatic rings. The number of hydrogen-bond donors (Lipinski definition) is 1. The van der Waals surface area contributed by atoms with Gasteiger partial charge in [-0.1, -0.05) is 12.1 Å². The zero-order valence-electron chi connectivity index (χ0n) is 9.82. The molecular weight excluding hydrogens is 232 g/mol. The number of hydrogen-bond acceptors (Lipinski definition) is 4. The van der Waals surface area contributed by atoms with Crippen molar-refractivity contribution in [2.75, 3.05) is 6.54 Å². The van der Waals surface area contributed by atoms with Crippen LogP contribution in [-0.4, -0.2) is 21.2 Å². The number of aryl methyl sites for hydroxylation is 1. The van der Waals surface area contributed by atoms with Gasteiger partial charge in [0.2, 0.25) is 0 Å². The Morgan fingerprint density at radius 2 is 2.17 bits per heavy atom. The molecule has 0 saturated heterocycles. The van der Waals surface area contributed by atoms with E-state index in [2.05, 4.69) is 5.10 Å². The third-order valence-corrected chi connectivity index (χ3v) is 2.63. The van der Waals surface area contributed by atoms with Crippen molar-refractivity contribution in [3.63, 3.8) is 0 Å². The molecule has 1 aromatic carbocycles. The predicted octanol–water partition coefficient (Wildman–Crippen LogP) is 1.67. The summed E-state index contributed by atoms with van der Waals surface area (Å²) in [6.45, 7) is 0.622. The number of nitro benzene ring substituents is 1. The van der Waals surface area contributed by atoms with Crippen LogP contribution in [0.25, 0.3) is 5.69 Å². The number of nitro groups is 1. The van der Waals surface area contributed by atoms with E-state index in [4.69, 9.17) is 5.73 Å². The van der Waals surface area contributed by atoms with Crippen LogP contribution in [0, 0.1) is 10.1 Å². The fraction of sp³-hybridized carbons (Fsp3) is 0.250. The van der Waals surface area contributed by atoms with Gasteiger partial charge in [-0.05, 0) is 31.0 Å². The van der Waals surface area contributed by atoms with Gasteiger partial charge in [-0.3, -0.25) is 10.1 Å². The normalized spacial score (nSPS) is 10.5. The summed E-state index contributed by atoms with van der Waals surface area (Å²) in [5, 5.41) is 15.1. The van der Waals surface area contributed by atoms with Crippen molar-refractivity contribution >= 4 is 5.69 Å². The van der Waals surface area contributed by atoms with Crippen molar-refractivity contribution in [2.24, 2.45) is 5.73 Å². The summed E-state index contributed by atoms with van der Waals surface area (Å²) in [4.78, 5) is 10.5. The Labute approximate surface area is 104 Å². The molecule has 1 aromatic heterocycles. The van der Waals surface area contributed by atoms with Gasteiger partial charge in [0.05, 0.1) is 11.1 Å². The van der Waals surface area contributed by atoms with E-state index in [1.807, 2.05) is 0 Å². The lowest BCUT2D eigenvalue weighted by Gasteiger charge is -2.01. The smallest absolute Gasteiger partial charge is 0.294 e. The molecule has 0 fully saturated rings. The van der Waals surface area contributed by atoms with Crippen LogP contribution in [-0.2, 0) is 6.42 Å². The van der Waals surface area contributed by atoms with Crippen molar-refractivity contribution in [3.8, 4) is 5.69 Å². The predicted molar refractivity (Wildman–Crippen MR) is 67.6 cm³/mol. The van der Waals surface area contributed by atoms with Crippen LogP contribution >= 0.6 is 0 Å². The highest BCUT2D eigenvalue weighted by molar-refractivity contribution is 5.51. The van der Waals surface area contributed by atoms with Gasteiger partial charge in [0.1, 0.15) is 5.69 Å². The monoisotopic (exact) mass is 246 g/mol. The summed E-state index contributed by atoms with van der Waals surface area (Å²) in [6.07, 6.45) is 5.23. The van der Waals surface area contributed by atoms with E-state index in [0.29, 0.717) is 12.2 Å². The van der Waals surface area contributed by atoms with Crippen LogP contribution in [0.3, 0.4) is 0 Å². The quantitative estimate of drug-likeness (QED) is 0.642. The average molecular weight is 246 g/mol. The molecule has 0 aliphatic rings. The first-order valence-corrected chi connectivity index (χ1v) is 5.70. The Morgan fingerprint density at radius 1 is 1.39 bits per heavy atom. The highest BCUT2D eigenvalue weighted by Crippen LogP contribution is 2.21. The van der Waals surface area contributed by atoms with Crippen LogP contribution in [0.15, 0.2) is 36.7 Å². The van der Waals surface area contributed by atoms with Gasteiger partial charge in [-0.2, -0.15) is 5.10 Å². The van der Waals surface area contributed by atoms with Crippen LogP contribution in [0.2, 0.25) is 0 Å². The van der Waals surface area contributed by atoms with Crippen molar-refractivity contribution in [1.29, 1.82) is 0 Å². The molecule has 6 heteroatoms. The SMILES string of the molecule is NCCCc1cnn(-c2ccccc2[N+](=O)[O-])c1. The Hall–Kier alpha value is -2.21. The van der Waals surface area contributed by atoms with Gasteiger partial charge in [0.25, 0.3) is 5.69 Å². The molecule has 2 N–H and O–H groups in total. The summed E-state index contributed by atoms with van der Waals surface area (Å²) in [7, 11) is 0. The van der Waals surface area contributed by atoms with Crippen molar-refractivity contribution in [3.05, 3.63) is 52.3 Å². The highest BCUT2D eigenvalue weighted by Gasteiger charge is 2.14. The molecule has 0 aliphatic heterocycles. The summed E-state index contributed by atoms with van der Waals surface area (Å²) in [5.74, 6) is 0. The lowest BCUT2D eigenvalue weighted by atomic mass is 10.2. The number of nitrogens with two attached hydrogens (primary N) is 1. The maximum absolute atomic E-state index is 10.9. The van der Waals surface area contributed by atoms with E-state index in [9.17, 15) is 10.1 Å². The molecule has 2 rings (SSSR count). The highest BCUT2D eigenvalue weighted by atomic mass is 16.6. The Balaban J connectivity index is 2.31. The first kappa shape index (κ1) is 12.3. The van der Waals surface area contributed by atoms with Crippen molar-refractivity contribution in [2.45, 2.75) is 12.8 Å². The van der Waals surface area contributed by atoms with Gasteiger partial charge in [-0.15, -0.1) is 0 Å². The fourth-order valence-corrected chi connectivity index (χ4v) is 1.74. The third-order valence-electron chi connectivity index (χ3n) is 2.63. The minimum absolute atomic E-state index is 0.0472. The Kier molecular flexibility index (Phi) is 3.69. The Morgan fingerprint density at radius 3 is 2.89 bits per heavy atom. The average Bonchev–Trinajstić information content (AvgIpc) is 2.85. The molecule has 1 heterocycles. The maximum atomic E-state index is 10.9. The molecule has 0 bridgehead atoms. The minimum atomic E-state index is -0.406.